The maximum atomic E-state index is 4.77. The Kier molecular flexibility index (Phi) is 10.2. The summed E-state index contributed by atoms with van der Waals surface area (Å²) in [5.41, 5.74) is 7.76. The zero-order valence-electron chi connectivity index (χ0n) is 20.7. The van der Waals surface area contributed by atoms with Gasteiger partial charge in [-0.05, 0) is 94.8 Å². The van der Waals surface area contributed by atoms with E-state index in [2.05, 4.69) is 72.8 Å². The second kappa shape index (κ2) is 12.6. The Hall–Kier alpha value is -1.000. The fraction of sp³-hybridized carbons (Fsp3) is 0.484. The molecule has 2 heteroatoms. The van der Waals surface area contributed by atoms with E-state index in [0.29, 0.717) is 0 Å². The van der Waals surface area contributed by atoms with Crippen LogP contribution in [0.2, 0.25) is 0 Å². The second-order valence-corrected chi connectivity index (χ2v) is 11.5. The molecule has 0 saturated heterocycles. The SMILES string of the molecule is C=C(CCCCCCC)C1(C(=C)CCCCCCC)c2cc(S)ccc2-c2ccc(I)cc21. The molecule has 0 bridgehead atoms. The molecular formula is C31H41IS. The molecule has 2 aromatic carbocycles. The molecule has 33 heavy (non-hydrogen) atoms. The quantitative estimate of drug-likeness (QED) is 0.0990. The molecule has 0 N–H and O–H groups in total. The molecule has 0 amide bonds. The summed E-state index contributed by atoms with van der Waals surface area (Å²) in [6.45, 7) is 14.1. The van der Waals surface area contributed by atoms with Gasteiger partial charge in [-0.3, -0.25) is 0 Å². The molecule has 0 saturated carbocycles. The monoisotopic (exact) mass is 572 g/mol. The summed E-state index contributed by atoms with van der Waals surface area (Å²) in [4.78, 5) is 1.02. The number of thiol groups is 1. The first-order valence-corrected chi connectivity index (χ1v) is 14.5. The van der Waals surface area contributed by atoms with E-state index in [9.17, 15) is 0 Å². The van der Waals surface area contributed by atoms with Gasteiger partial charge in [0.1, 0.15) is 0 Å². The Bertz CT molecular complexity index is 891. The third-order valence-corrected chi connectivity index (χ3v) is 8.26. The molecule has 0 unspecified atom stereocenters. The number of hydrogen-bond acceptors (Lipinski definition) is 1. The lowest BCUT2D eigenvalue weighted by atomic mass is 9.65. The van der Waals surface area contributed by atoms with Crippen molar-refractivity contribution in [3.63, 3.8) is 0 Å². The summed E-state index contributed by atoms with van der Waals surface area (Å²) < 4.78 is 1.28. The molecule has 3 rings (SSSR count). The zero-order valence-corrected chi connectivity index (χ0v) is 23.7. The van der Waals surface area contributed by atoms with E-state index in [1.165, 1.54) is 101 Å². The summed E-state index contributed by atoms with van der Waals surface area (Å²) >= 11 is 7.21. The van der Waals surface area contributed by atoms with Crippen LogP contribution in [0.3, 0.4) is 0 Å². The second-order valence-electron chi connectivity index (χ2n) is 9.71. The Morgan fingerprint density at radius 3 is 1.76 bits per heavy atom. The van der Waals surface area contributed by atoms with Crippen LogP contribution in [0.15, 0.2) is 65.6 Å². The summed E-state index contributed by atoms with van der Waals surface area (Å²) in [5.74, 6) is 0. The normalized spacial score (nSPS) is 13.6. The van der Waals surface area contributed by atoms with Crippen molar-refractivity contribution in [2.24, 2.45) is 0 Å². The minimum Gasteiger partial charge on any atom is -0.143 e. The molecule has 1 aliphatic rings. The van der Waals surface area contributed by atoms with Crippen molar-refractivity contribution >= 4 is 35.2 Å². The smallest absolute Gasteiger partial charge is 0.0628 e. The molecule has 2 aromatic rings. The van der Waals surface area contributed by atoms with Crippen LogP contribution < -0.4 is 0 Å². The summed E-state index contributed by atoms with van der Waals surface area (Å²) in [6, 6.07) is 13.6. The van der Waals surface area contributed by atoms with Gasteiger partial charge >= 0.3 is 0 Å². The summed E-state index contributed by atoms with van der Waals surface area (Å²) in [6.07, 6.45) is 15.0. The van der Waals surface area contributed by atoms with Crippen LogP contribution in [0, 0.1) is 3.57 Å². The third-order valence-electron chi connectivity index (χ3n) is 7.31. The van der Waals surface area contributed by atoms with E-state index < -0.39 is 0 Å². The van der Waals surface area contributed by atoms with E-state index in [1.807, 2.05) is 0 Å². The van der Waals surface area contributed by atoms with Crippen molar-refractivity contribution in [3.05, 3.63) is 75.4 Å². The van der Waals surface area contributed by atoms with E-state index in [-0.39, 0.29) is 5.41 Å². The van der Waals surface area contributed by atoms with Crippen LogP contribution in [0.1, 0.15) is 102 Å². The predicted molar refractivity (Wildman–Crippen MR) is 158 cm³/mol. The molecule has 0 aromatic heterocycles. The van der Waals surface area contributed by atoms with Gasteiger partial charge < -0.3 is 0 Å². The number of unbranched alkanes of at least 4 members (excludes halogenated alkanes) is 8. The molecular weight excluding hydrogens is 531 g/mol. The van der Waals surface area contributed by atoms with Gasteiger partial charge in [-0.25, -0.2) is 0 Å². The van der Waals surface area contributed by atoms with E-state index in [4.69, 9.17) is 25.8 Å². The summed E-state index contributed by atoms with van der Waals surface area (Å²) in [5, 5.41) is 0. The number of allylic oxidation sites excluding steroid dienone is 2. The van der Waals surface area contributed by atoms with Crippen molar-refractivity contribution in [1.29, 1.82) is 0 Å². The first-order chi connectivity index (χ1) is 16.0. The average molecular weight is 573 g/mol. The van der Waals surface area contributed by atoms with Gasteiger partial charge in [-0.2, -0.15) is 0 Å². The highest BCUT2D eigenvalue weighted by molar-refractivity contribution is 14.1. The van der Waals surface area contributed by atoms with Gasteiger partial charge in [0, 0.05) is 8.47 Å². The van der Waals surface area contributed by atoms with E-state index >= 15 is 0 Å². The van der Waals surface area contributed by atoms with Crippen molar-refractivity contribution in [2.45, 2.75) is 101 Å². The maximum absolute atomic E-state index is 4.77. The van der Waals surface area contributed by atoms with Gasteiger partial charge in [0.15, 0.2) is 0 Å². The first-order valence-electron chi connectivity index (χ1n) is 13.0. The molecule has 0 heterocycles. The number of benzene rings is 2. The third kappa shape index (κ3) is 5.81. The van der Waals surface area contributed by atoms with Crippen LogP contribution >= 0.6 is 35.2 Å². The molecule has 0 aliphatic heterocycles. The van der Waals surface area contributed by atoms with Crippen LogP contribution in [-0.4, -0.2) is 0 Å². The van der Waals surface area contributed by atoms with Crippen molar-refractivity contribution in [2.75, 3.05) is 0 Å². The first kappa shape index (κ1) is 26.6. The molecule has 0 radical (unpaired) electrons. The molecule has 0 fully saturated rings. The standard InChI is InChI=1S/C31H41IS/c1-5-7-9-11-13-15-23(3)31(24(4)16-14-12-10-8-6-2)29-21-25(32)17-19-27(29)28-20-18-26(33)22-30(28)31/h17-22,33H,3-16H2,1-2H3. The van der Waals surface area contributed by atoms with Crippen LogP contribution in [-0.2, 0) is 5.41 Å². The highest BCUT2D eigenvalue weighted by Gasteiger charge is 2.46. The van der Waals surface area contributed by atoms with Gasteiger partial charge in [0.05, 0.1) is 5.41 Å². The van der Waals surface area contributed by atoms with Gasteiger partial charge in [-0.1, -0.05) is 102 Å². The molecule has 178 valence electrons. The lowest BCUT2D eigenvalue weighted by Gasteiger charge is -2.37. The van der Waals surface area contributed by atoms with Gasteiger partial charge in [-0.15, -0.1) is 12.6 Å². The fourth-order valence-electron chi connectivity index (χ4n) is 5.55. The minimum atomic E-state index is -0.292. The average Bonchev–Trinajstić information content (AvgIpc) is 3.08. The van der Waals surface area contributed by atoms with Crippen LogP contribution in [0.25, 0.3) is 11.1 Å². The minimum absolute atomic E-state index is 0.292. The fourth-order valence-corrected chi connectivity index (χ4v) is 6.25. The Morgan fingerprint density at radius 1 is 0.727 bits per heavy atom. The molecule has 0 nitrogen and oxygen atoms in total. The Labute approximate surface area is 221 Å². The van der Waals surface area contributed by atoms with Gasteiger partial charge in [0.2, 0.25) is 0 Å². The van der Waals surface area contributed by atoms with Crippen LogP contribution in [0.4, 0.5) is 0 Å². The van der Waals surface area contributed by atoms with Crippen molar-refractivity contribution in [1.82, 2.24) is 0 Å². The Morgan fingerprint density at radius 2 is 1.21 bits per heavy atom. The lowest BCUT2D eigenvalue weighted by Crippen LogP contribution is -2.30. The lowest BCUT2D eigenvalue weighted by molar-refractivity contribution is 0.572. The number of fused-ring (bicyclic) bond motifs is 3. The zero-order chi connectivity index (χ0) is 23.8. The van der Waals surface area contributed by atoms with E-state index in [1.54, 1.807) is 0 Å². The highest BCUT2D eigenvalue weighted by atomic mass is 127. The summed E-state index contributed by atoms with van der Waals surface area (Å²) in [7, 11) is 0. The largest absolute Gasteiger partial charge is 0.143 e. The number of halogens is 1. The number of hydrogen-bond donors (Lipinski definition) is 1. The van der Waals surface area contributed by atoms with Crippen LogP contribution in [0.5, 0.6) is 0 Å². The highest BCUT2D eigenvalue weighted by Crippen LogP contribution is 2.58. The number of rotatable bonds is 14. The Balaban J connectivity index is 2.01. The van der Waals surface area contributed by atoms with Crippen molar-refractivity contribution < 1.29 is 0 Å². The van der Waals surface area contributed by atoms with Gasteiger partial charge in [0.25, 0.3) is 0 Å². The maximum Gasteiger partial charge on any atom is 0.0628 e. The van der Waals surface area contributed by atoms with E-state index in [0.717, 1.165) is 17.7 Å². The predicted octanol–water partition coefficient (Wildman–Crippen LogP) is 10.7. The molecule has 0 atom stereocenters. The topological polar surface area (TPSA) is 0 Å². The molecule has 1 aliphatic carbocycles. The molecule has 0 spiro atoms. The van der Waals surface area contributed by atoms with Crippen molar-refractivity contribution in [3.8, 4) is 11.1 Å².